The molecule has 7 nitrogen and oxygen atoms in total. The Hall–Kier alpha value is -1.63. The van der Waals surface area contributed by atoms with Crippen LogP contribution in [0, 0.1) is 5.92 Å². The molecule has 1 fully saturated rings. The molecule has 0 aromatic carbocycles. The number of nitrogens with zero attached hydrogens (tertiary/aromatic N) is 1. The molecular formula is C17H32N4O3. The number of likely N-dealkylation sites (N-methyl/N-ethyl adjacent to an activating group) is 1. The third-order valence-electron chi connectivity index (χ3n) is 4.27. The fourth-order valence-electron chi connectivity index (χ4n) is 2.85. The highest BCUT2D eigenvalue weighted by Crippen LogP contribution is 2.24. The van der Waals surface area contributed by atoms with Crippen LogP contribution in [0.15, 0.2) is 0 Å². The molecular weight excluding hydrogens is 308 g/mol. The quantitative estimate of drug-likeness (QED) is 0.561. The molecule has 0 spiro atoms. The number of carbonyl (C=O) groups excluding carboxylic acids is 3. The normalized spacial score (nSPS) is 20.5. The lowest BCUT2D eigenvalue weighted by molar-refractivity contribution is -0.127. The van der Waals surface area contributed by atoms with Gasteiger partial charge < -0.3 is 20.9 Å². The highest BCUT2D eigenvalue weighted by molar-refractivity contribution is 5.83. The van der Waals surface area contributed by atoms with Crippen LogP contribution < -0.4 is 16.0 Å². The molecule has 3 amide bonds. The van der Waals surface area contributed by atoms with Crippen molar-refractivity contribution in [3.05, 3.63) is 0 Å². The van der Waals surface area contributed by atoms with Crippen molar-refractivity contribution in [1.29, 1.82) is 0 Å². The minimum atomic E-state index is -0.0908. The van der Waals surface area contributed by atoms with Crippen LogP contribution in [0.2, 0.25) is 0 Å². The summed E-state index contributed by atoms with van der Waals surface area (Å²) in [6.07, 6.45) is 3.69. The maximum atomic E-state index is 11.9. The van der Waals surface area contributed by atoms with Crippen LogP contribution in [0.4, 0.5) is 0 Å². The average molecular weight is 340 g/mol. The van der Waals surface area contributed by atoms with Crippen LogP contribution in [0.5, 0.6) is 0 Å². The molecule has 0 aromatic heterocycles. The maximum Gasteiger partial charge on any atom is 0.223 e. The second-order valence-electron chi connectivity index (χ2n) is 6.66. The molecule has 1 rings (SSSR count). The molecule has 0 bridgehead atoms. The first-order valence-corrected chi connectivity index (χ1v) is 8.90. The van der Waals surface area contributed by atoms with Gasteiger partial charge in [0.2, 0.25) is 17.7 Å². The van der Waals surface area contributed by atoms with E-state index in [0.29, 0.717) is 13.1 Å². The first kappa shape index (κ1) is 20.4. The topological polar surface area (TPSA) is 90.5 Å². The molecule has 1 saturated carbocycles. The summed E-state index contributed by atoms with van der Waals surface area (Å²) in [5.41, 5.74) is 0. The lowest BCUT2D eigenvalue weighted by atomic mass is 9.85. The number of hydrogen-bond acceptors (Lipinski definition) is 4. The zero-order valence-electron chi connectivity index (χ0n) is 15.2. The molecule has 0 heterocycles. The van der Waals surface area contributed by atoms with Crippen LogP contribution in [-0.4, -0.2) is 62.4 Å². The minimum absolute atomic E-state index is 0.0700. The van der Waals surface area contributed by atoms with E-state index in [2.05, 4.69) is 16.0 Å². The Morgan fingerprint density at radius 1 is 0.958 bits per heavy atom. The van der Waals surface area contributed by atoms with Gasteiger partial charge in [0.1, 0.15) is 0 Å². The molecule has 0 aromatic rings. The Kier molecular flexibility index (Phi) is 9.37. The van der Waals surface area contributed by atoms with Gasteiger partial charge in [0, 0.05) is 44.4 Å². The van der Waals surface area contributed by atoms with Gasteiger partial charge in [-0.1, -0.05) is 0 Å². The van der Waals surface area contributed by atoms with Gasteiger partial charge in [0.05, 0.1) is 0 Å². The Morgan fingerprint density at radius 3 is 2.17 bits per heavy atom. The first-order chi connectivity index (χ1) is 11.4. The summed E-state index contributed by atoms with van der Waals surface area (Å²) >= 11 is 0. The van der Waals surface area contributed by atoms with Gasteiger partial charge in [-0.05, 0) is 46.7 Å². The summed E-state index contributed by atoms with van der Waals surface area (Å²) in [7, 11) is 3.89. The Morgan fingerprint density at radius 2 is 1.58 bits per heavy atom. The summed E-state index contributed by atoms with van der Waals surface area (Å²) < 4.78 is 0. The second kappa shape index (κ2) is 11.0. The largest absolute Gasteiger partial charge is 0.356 e. The van der Waals surface area contributed by atoms with Crippen LogP contribution in [0.3, 0.4) is 0 Å². The third kappa shape index (κ3) is 8.29. The maximum absolute atomic E-state index is 11.9. The van der Waals surface area contributed by atoms with E-state index in [1.54, 1.807) is 0 Å². The van der Waals surface area contributed by atoms with Crippen molar-refractivity contribution in [2.24, 2.45) is 5.92 Å². The molecule has 138 valence electrons. The zero-order valence-corrected chi connectivity index (χ0v) is 15.2. The summed E-state index contributed by atoms with van der Waals surface area (Å²) in [5, 5.41) is 8.63. The number of rotatable bonds is 9. The van der Waals surface area contributed by atoms with E-state index >= 15 is 0 Å². The number of hydrogen-bond donors (Lipinski definition) is 3. The molecule has 1 aliphatic rings. The predicted molar refractivity (Wildman–Crippen MR) is 93.4 cm³/mol. The Labute approximate surface area is 144 Å². The summed E-state index contributed by atoms with van der Waals surface area (Å²) in [5.74, 6) is 0.0170. The van der Waals surface area contributed by atoms with Crippen molar-refractivity contribution in [2.75, 3.05) is 33.7 Å². The number of amides is 3. The molecule has 0 unspecified atom stereocenters. The summed E-state index contributed by atoms with van der Waals surface area (Å²) in [6.45, 7) is 3.95. The minimum Gasteiger partial charge on any atom is -0.356 e. The lowest BCUT2D eigenvalue weighted by Crippen LogP contribution is -2.41. The Balaban J connectivity index is 2.16. The molecule has 0 aliphatic heterocycles. The number of nitrogens with one attached hydrogen (secondary N) is 3. The van der Waals surface area contributed by atoms with E-state index in [1.165, 1.54) is 0 Å². The third-order valence-corrected chi connectivity index (χ3v) is 4.27. The van der Waals surface area contributed by atoms with Gasteiger partial charge in [-0.25, -0.2) is 0 Å². The Bertz CT molecular complexity index is 418. The van der Waals surface area contributed by atoms with E-state index < -0.39 is 0 Å². The van der Waals surface area contributed by atoms with E-state index in [-0.39, 0.29) is 42.5 Å². The summed E-state index contributed by atoms with van der Waals surface area (Å²) in [4.78, 5) is 37.4. The van der Waals surface area contributed by atoms with E-state index in [0.717, 1.165) is 32.2 Å². The molecule has 1 aliphatic carbocycles. The molecule has 7 heteroatoms. The highest BCUT2D eigenvalue weighted by Gasteiger charge is 2.26. The van der Waals surface area contributed by atoms with E-state index in [9.17, 15) is 14.4 Å². The SMILES string of the molecule is CCNC(=O)C1CCC(NC(=O)CCC(=O)NCCN(C)C)CC1. The smallest absolute Gasteiger partial charge is 0.223 e. The molecule has 24 heavy (non-hydrogen) atoms. The second-order valence-corrected chi connectivity index (χ2v) is 6.66. The van der Waals surface area contributed by atoms with Crippen molar-refractivity contribution in [3.63, 3.8) is 0 Å². The van der Waals surface area contributed by atoms with Crippen molar-refractivity contribution in [3.8, 4) is 0 Å². The van der Waals surface area contributed by atoms with Gasteiger partial charge in [-0.15, -0.1) is 0 Å². The fraction of sp³-hybridized carbons (Fsp3) is 0.824. The number of carbonyl (C=O) groups is 3. The standard InChI is InChI=1S/C17H32N4O3/c1-4-18-17(24)13-5-7-14(8-6-13)20-16(23)10-9-15(22)19-11-12-21(2)3/h13-14H,4-12H2,1-3H3,(H,18,24)(H,19,22)(H,20,23). The van der Waals surface area contributed by atoms with Crippen molar-refractivity contribution in [1.82, 2.24) is 20.9 Å². The van der Waals surface area contributed by atoms with Crippen LogP contribution in [-0.2, 0) is 14.4 Å². The zero-order chi connectivity index (χ0) is 17.9. The van der Waals surface area contributed by atoms with Crippen LogP contribution in [0.25, 0.3) is 0 Å². The van der Waals surface area contributed by atoms with Crippen molar-refractivity contribution in [2.45, 2.75) is 51.5 Å². The van der Waals surface area contributed by atoms with Gasteiger partial charge in [0.25, 0.3) is 0 Å². The molecule has 0 atom stereocenters. The molecule has 0 saturated heterocycles. The van der Waals surface area contributed by atoms with Crippen molar-refractivity contribution >= 4 is 17.7 Å². The molecule has 3 N–H and O–H groups in total. The predicted octanol–water partition coefficient (Wildman–Crippen LogP) is 0.256. The van der Waals surface area contributed by atoms with Gasteiger partial charge >= 0.3 is 0 Å². The van der Waals surface area contributed by atoms with Gasteiger partial charge in [-0.3, -0.25) is 14.4 Å². The molecule has 0 radical (unpaired) electrons. The average Bonchev–Trinajstić information content (AvgIpc) is 2.53. The van der Waals surface area contributed by atoms with Crippen molar-refractivity contribution < 1.29 is 14.4 Å². The monoisotopic (exact) mass is 340 g/mol. The first-order valence-electron chi connectivity index (χ1n) is 8.90. The van der Waals surface area contributed by atoms with Gasteiger partial charge in [0.15, 0.2) is 0 Å². The van der Waals surface area contributed by atoms with Crippen LogP contribution >= 0.6 is 0 Å². The van der Waals surface area contributed by atoms with Crippen LogP contribution in [0.1, 0.15) is 45.4 Å². The lowest BCUT2D eigenvalue weighted by Gasteiger charge is -2.28. The summed E-state index contributed by atoms with van der Waals surface area (Å²) in [6, 6.07) is 0.125. The fourth-order valence-corrected chi connectivity index (χ4v) is 2.85. The highest BCUT2D eigenvalue weighted by atomic mass is 16.2. The van der Waals surface area contributed by atoms with Gasteiger partial charge in [-0.2, -0.15) is 0 Å². The van der Waals surface area contributed by atoms with E-state index in [4.69, 9.17) is 0 Å². The van der Waals surface area contributed by atoms with E-state index in [1.807, 2.05) is 25.9 Å².